The molecule has 2 N–H and O–H groups in total. The number of hydrogen-bond acceptors (Lipinski definition) is 1. The molecule has 0 fully saturated rings. The molecular formula is C16H17N. The zero-order valence-corrected chi connectivity index (χ0v) is 10.0. The maximum atomic E-state index is 6.05. The maximum Gasteiger partial charge on any atom is 0.0272 e. The minimum Gasteiger partial charge on any atom is -0.324 e. The van der Waals surface area contributed by atoms with Crippen molar-refractivity contribution in [2.45, 2.75) is 13.0 Å². The van der Waals surface area contributed by atoms with Crippen LogP contribution in [-0.4, -0.2) is 6.04 Å². The van der Waals surface area contributed by atoms with Crippen molar-refractivity contribution in [2.75, 3.05) is 0 Å². The second-order valence-electron chi connectivity index (χ2n) is 4.17. The Morgan fingerprint density at radius 1 is 0.941 bits per heavy atom. The first-order valence-corrected chi connectivity index (χ1v) is 5.85. The molecular weight excluding hydrogens is 206 g/mol. The van der Waals surface area contributed by atoms with Crippen LogP contribution in [0.3, 0.4) is 0 Å². The van der Waals surface area contributed by atoms with Crippen molar-refractivity contribution in [2.24, 2.45) is 5.73 Å². The lowest BCUT2D eigenvalue weighted by Crippen LogP contribution is -2.16. The van der Waals surface area contributed by atoms with Gasteiger partial charge >= 0.3 is 0 Å². The van der Waals surface area contributed by atoms with Gasteiger partial charge in [-0.15, -0.1) is 0 Å². The van der Waals surface area contributed by atoms with E-state index in [9.17, 15) is 0 Å². The molecule has 0 amide bonds. The van der Waals surface area contributed by atoms with E-state index in [1.165, 1.54) is 11.1 Å². The predicted molar refractivity (Wildman–Crippen MR) is 74.4 cm³/mol. The molecule has 1 atom stereocenters. The average Bonchev–Trinajstić information content (AvgIpc) is 2.38. The van der Waals surface area contributed by atoms with E-state index >= 15 is 0 Å². The largest absolute Gasteiger partial charge is 0.324 e. The lowest BCUT2D eigenvalue weighted by Gasteiger charge is -2.12. The Balaban J connectivity index is 2.40. The monoisotopic (exact) mass is 223 g/mol. The Kier molecular flexibility index (Phi) is 3.73. The van der Waals surface area contributed by atoms with Crippen molar-refractivity contribution in [1.29, 1.82) is 0 Å². The van der Waals surface area contributed by atoms with Crippen LogP contribution >= 0.6 is 0 Å². The molecule has 2 rings (SSSR count). The molecule has 0 aromatic heterocycles. The molecule has 0 aliphatic carbocycles. The van der Waals surface area contributed by atoms with E-state index in [0.29, 0.717) is 0 Å². The van der Waals surface area contributed by atoms with Gasteiger partial charge in [-0.05, 0) is 29.7 Å². The third-order valence-electron chi connectivity index (χ3n) is 2.72. The molecule has 0 aliphatic heterocycles. The summed E-state index contributed by atoms with van der Waals surface area (Å²) in [5, 5.41) is 0. The van der Waals surface area contributed by atoms with Gasteiger partial charge in [0.15, 0.2) is 0 Å². The highest BCUT2D eigenvalue weighted by molar-refractivity contribution is 5.83. The summed E-state index contributed by atoms with van der Waals surface area (Å²) in [6.07, 6.45) is 2.15. The van der Waals surface area contributed by atoms with Gasteiger partial charge in [-0.3, -0.25) is 0 Å². The summed E-state index contributed by atoms with van der Waals surface area (Å²) in [4.78, 5) is 0. The van der Waals surface area contributed by atoms with Crippen LogP contribution in [0.25, 0.3) is 11.6 Å². The van der Waals surface area contributed by atoms with Gasteiger partial charge in [0, 0.05) is 6.04 Å². The molecule has 86 valence electrons. The number of rotatable bonds is 3. The van der Waals surface area contributed by atoms with Crippen LogP contribution in [0.1, 0.15) is 18.1 Å². The van der Waals surface area contributed by atoms with Gasteiger partial charge in [-0.2, -0.15) is 0 Å². The number of hydrogen-bond donors (Lipinski definition) is 1. The van der Waals surface area contributed by atoms with Gasteiger partial charge in [0.25, 0.3) is 0 Å². The Bertz CT molecular complexity index is 483. The van der Waals surface area contributed by atoms with Gasteiger partial charge in [0.1, 0.15) is 0 Å². The van der Waals surface area contributed by atoms with Crippen LogP contribution in [0.2, 0.25) is 0 Å². The summed E-state index contributed by atoms with van der Waals surface area (Å²) in [5.41, 5.74) is 9.58. The molecule has 2 aromatic rings. The molecule has 0 saturated carbocycles. The summed E-state index contributed by atoms with van der Waals surface area (Å²) < 4.78 is 0. The fourth-order valence-corrected chi connectivity index (χ4v) is 1.84. The van der Waals surface area contributed by atoms with Gasteiger partial charge < -0.3 is 5.73 Å². The highest BCUT2D eigenvalue weighted by Crippen LogP contribution is 2.20. The van der Waals surface area contributed by atoms with E-state index in [2.05, 4.69) is 30.3 Å². The molecule has 1 nitrogen and oxygen atoms in total. The highest BCUT2D eigenvalue weighted by Gasteiger charge is 2.05. The summed E-state index contributed by atoms with van der Waals surface area (Å²) >= 11 is 0. The average molecular weight is 223 g/mol. The highest BCUT2D eigenvalue weighted by atomic mass is 14.6. The lowest BCUT2D eigenvalue weighted by atomic mass is 9.97. The van der Waals surface area contributed by atoms with Crippen molar-refractivity contribution in [3.8, 4) is 0 Å². The molecule has 0 aliphatic rings. The molecule has 1 unspecified atom stereocenters. The van der Waals surface area contributed by atoms with Crippen LogP contribution in [-0.2, 0) is 0 Å². The zero-order chi connectivity index (χ0) is 12.1. The smallest absolute Gasteiger partial charge is 0.0272 e. The molecule has 0 radical (unpaired) electrons. The first-order valence-electron chi connectivity index (χ1n) is 5.85. The summed E-state index contributed by atoms with van der Waals surface area (Å²) in [7, 11) is 0. The Morgan fingerprint density at radius 3 is 2.00 bits per heavy atom. The first-order chi connectivity index (χ1) is 8.27. The van der Waals surface area contributed by atoms with E-state index in [1.54, 1.807) is 0 Å². The van der Waals surface area contributed by atoms with Gasteiger partial charge in [-0.1, -0.05) is 60.7 Å². The Labute approximate surface area is 103 Å². The molecule has 0 saturated heterocycles. The van der Waals surface area contributed by atoms with Crippen LogP contribution < -0.4 is 5.73 Å². The molecule has 0 heterocycles. The van der Waals surface area contributed by atoms with Crippen LogP contribution in [0.4, 0.5) is 0 Å². The quantitative estimate of drug-likeness (QED) is 0.791. The van der Waals surface area contributed by atoms with Gasteiger partial charge in [-0.25, -0.2) is 0 Å². The van der Waals surface area contributed by atoms with Crippen LogP contribution in [0, 0.1) is 0 Å². The Hall–Kier alpha value is -1.86. The summed E-state index contributed by atoms with van der Waals surface area (Å²) in [5.74, 6) is 0. The second kappa shape index (κ2) is 5.46. The van der Waals surface area contributed by atoms with Gasteiger partial charge in [0.2, 0.25) is 0 Å². The second-order valence-corrected chi connectivity index (χ2v) is 4.17. The molecule has 0 bridgehead atoms. The fraction of sp³-hybridized carbons (Fsp3) is 0.125. The normalized spacial score (nSPS) is 13.4. The van der Waals surface area contributed by atoms with Crippen molar-refractivity contribution in [1.82, 2.24) is 0 Å². The van der Waals surface area contributed by atoms with Crippen molar-refractivity contribution >= 4 is 11.6 Å². The SMILES string of the molecule is CC(N)/C(=C\c1ccccc1)c1ccccc1. The number of benzene rings is 2. The summed E-state index contributed by atoms with van der Waals surface area (Å²) in [6, 6.07) is 20.6. The molecule has 17 heavy (non-hydrogen) atoms. The topological polar surface area (TPSA) is 26.0 Å². The van der Waals surface area contributed by atoms with E-state index < -0.39 is 0 Å². The number of nitrogens with two attached hydrogens (primary N) is 1. The zero-order valence-electron chi connectivity index (χ0n) is 10.0. The van der Waals surface area contributed by atoms with Crippen molar-refractivity contribution < 1.29 is 0 Å². The lowest BCUT2D eigenvalue weighted by molar-refractivity contribution is 0.950. The van der Waals surface area contributed by atoms with Crippen LogP contribution in [0.5, 0.6) is 0 Å². The van der Waals surface area contributed by atoms with Gasteiger partial charge in [0.05, 0.1) is 0 Å². The minimum atomic E-state index is 0.0256. The van der Waals surface area contributed by atoms with Crippen molar-refractivity contribution in [3.63, 3.8) is 0 Å². The van der Waals surface area contributed by atoms with E-state index in [0.717, 1.165) is 5.57 Å². The minimum absolute atomic E-state index is 0.0256. The molecule has 2 aromatic carbocycles. The molecule has 0 spiro atoms. The maximum absolute atomic E-state index is 6.05. The summed E-state index contributed by atoms with van der Waals surface area (Å²) in [6.45, 7) is 2.02. The fourth-order valence-electron chi connectivity index (χ4n) is 1.84. The first kappa shape index (κ1) is 11.6. The van der Waals surface area contributed by atoms with Crippen molar-refractivity contribution in [3.05, 3.63) is 71.8 Å². The third kappa shape index (κ3) is 3.05. The molecule has 1 heteroatoms. The van der Waals surface area contributed by atoms with E-state index in [4.69, 9.17) is 5.73 Å². The van der Waals surface area contributed by atoms with E-state index in [-0.39, 0.29) is 6.04 Å². The third-order valence-corrected chi connectivity index (χ3v) is 2.72. The van der Waals surface area contributed by atoms with Crippen LogP contribution in [0.15, 0.2) is 60.7 Å². The van der Waals surface area contributed by atoms with E-state index in [1.807, 2.05) is 43.3 Å². The Morgan fingerprint density at radius 2 is 1.47 bits per heavy atom. The standard InChI is InChI=1S/C16H17N/c1-13(17)16(15-10-6-3-7-11-15)12-14-8-4-2-5-9-14/h2-13H,17H2,1H3/b16-12+. The predicted octanol–water partition coefficient (Wildman–Crippen LogP) is 3.57.